The molecule has 1 amide bonds. The average molecular weight is 331 g/mol. The zero-order valence-corrected chi connectivity index (χ0v) is 12.9. The summed E-state index contributed by atoms with van der Waals surface area (Å²) in [6.45, 7) is 3.45. The molecule has 5 heteroatoms. The van der Waals surface area contributed by atoms with E-state index in [1.165, 1.54) is 5.56 Å². The molecule has 0 unspecified atom stereocenters. The van der Waals surface area contributed by atoms with Crippen molar-refractivity contribution in [3.8, 4) is 0 Å². The normalized spacial score (nSPS) is 10.4. The molecule has 1 aromatic carbocycles. The summed E-state index contributed by atoms with van der Waals surface area (Å²) in [6.07, 6.45) is 1.91. The predicted octanol–water partition coefficient (Wildman–Crippen LogP) is 2.70. The molecule has 18 heavy (non-hydrogen) atoms. The lowest BCUT2D eigenvalue weighted by molar-refractivity contribution is -0.118. The zero-order chi connectivity index (χ0) is 13.4. The van der Waals surface area contributed by atoms with Gasteiger partial charge in [-0.25, -0.2) is 0 Å². The first-order valence-corrected chi connectivity index (χ1v) is 7.77. The van der Waals surface area contributed by atoms with Crippen molar-refractivity contribution >= 4 is 33.6 Å². The Morgan fingerprint density at radius 1 is 1.44 bits per heavy atom. The number of carbonyl (C=O) groups excluding carboxylic acids is 1. The quantitative estimate of drug-likeness (QED) is 0.597. The Kier molecular flexibility index (Phi) is 7.39. The van der Waals surface area contributed by atoms with Crippen LogP contribution in [0, 0.1) is 6.92 Å². The maximum atomic E-state index is 11.6. The third-order valence-electron chi connectivity index (χ3n) is 2.45. The summed E-state index contributed by atoms with van der Waals surface area (Å²) in [4.78, 5) is 12.7. The Morgan fingerprint density at radius 2 is 2.22 bits per heavy atom. The molecule has 0 atom stereocenters. The van der Waals surface area contributed by atoms with Gasteiger partial charge in [0.05, 0.1) is 5.75 Å². The van der Waals surface area contributed by atoms with Crippen LogP contribution in [0.3, 0.4) is 0 Å². The van der Waals surface area contributed by atoms with Crippen LogP contribution in [-0.4, -0.2) is 24.7 Å². The first kappa shape index (κ1) is 15.5. The van der Waals surface area contributed by atoms with Gasteiger partial charge in [-0.15, -0.1) is 11.8 Å². The van der Waals surface area contributed by atoms with Crippen LogP contribution >= 0.6 is 27.7 Å². The number of nitrogens with one attached hydrogen (secondary N) is 1. The molecular formula is C13H19BrN2OS. The number of carbonyl (C=O) groups is 1. The maximum absolute atomic E-state index is 11.6. The van der Waals surface area contributed by atoms with Gasteiger partial charge in [-0.05, 0) is 50.1 Å². The summed E-state index contributed by atoms with van der Waals surface area (Å²) in [7, 11) is 0. The highest BCUT2D eigenvalue weighted by Crippen LogP contribution is 2.24. The van der Waals surface area contributed by atoms with E-state index in [2.05, 4.69) is 27.3 Å². The smallest absolute Gasteiger partial charge is 0.230 e. The van der Waals surface area contributed by atoms with E-state index in [4.69, 9.17) is 5.73 Å². The number of unbranched alkanes of at least 4 members (excludes halogenated alkanes) is 1. The SMILES string of the molecule is Cc1cc(Br)ccc1SCC(=O)NCCCCN. The first-order chi connectivity index (χ1) is 8.63. The van der Waals surface area contributed by atoms with E-state index < -0.39 is 0 Å². The molecule has 0 fully saturated rings. The van der Waals surface area contributed by atoms with Crippen molar-refractivity contribution < 1.29 is 4.79 Å². The zero-order valence-electron chi connectivity index (χ0n) is 10.5. The highest BCUT2D eigenvalue weighted by molar-refractivity contribution is 9.10. The summed E-state index contributed by atoms with van der Waals surface area (Å²) >= 11 is 5.00. The lowest BCUT2D eigenvalue weighted by Gasteiger charge is -2.07. The van der Waals surface area contributed by atoms with Gasteiger partial charge in [0.2, 0.25) is 5.91 Å². The van der Waals surface area contributed by atoms with Crippen LogP contribution in [0.25, 0.3) is 0 Å². The monoisotopic (exact) mass is 330 g/mol. The van der Waals surface area contributed by atoms with Crippen molar-refractivity contribution in [2.45, 2.75) is 24.7 Å². The Labute approximate surface area is 121 Å². The number of hydrogen-bond acceptors (Lipinski definition) is 3. The number of halogens is 1. The minimum atomic E-state index is 0.0827. The summed E-state index contributed by atoms with van der Waals surface area (Å²) < 4.78 is 1.07. The summed E-state index contributed by atoms with van der Waals surface area (Å²) in [5.41, 5.74) is 6.57. The lowest BCUT2D eigenvalue weighted by atomic mass is 10.2. The third kappa shape index (κ3) is 5.89. The number of benzene rings is 1. The summed E-state index contributed by atoms with van der Waals surface area (Å²) in [5, 5.41) is 2.89. The largest absolute Gasteiger partial charge is 0.355 e. The number of hydrogen-bond donors (Lipinski definition) is 2. The molecule has 0 radical (unpaired) electrons. The van der Waals surface area contributed by atoms with Crippen molar-refractivity contribution in [1.82, 2.24) is 5.32 Å². The van der Waals surface area contributed by atoms with Crippen molar-refractivity contribution in [3.63, 3.8) is 0 Å². The van der Waals surface area contributed by atoms with Crippen molar-refractivity contribution in [1.29, 1.82) is 0 Å². The van der Waals surface area contributed by atoms with Gasteiger partial charge in [0.1, 0.15) is 0 Å². The number of nitrogens with two attached hydrogens (primary N) is 1. The van der Waals surface area contributed by atoms with E-state index >= 15 is 0 Å². The second-order valence-corrected chi connectivity index (χ2v) is 5.98. The van der Waals surface area contributed by atoms with Gasteiger partial charge in [-0.3, -0.25) is 4.79 Å². The Morgan fingerprint density at radius 3 is 2.89 bits per heavy atom. The topological polar surface area (TPSA) is 55.1 Å². The van der Waals surface area contributed by atoms with E-state index in [-0.39, 0.29) is 5.91 Å². The van der Waals surface area contributed by atoms with Gasteiger partial charge >= 0.3 is 0 Å². The highest BCUT2D eigenvalue weighted by atomic mass is 79.9. The molecule has 0 aliphatic rings. The molecule has 0 aliphatic carbocycles. The van der Waals surface area contributed by atoms with E-state index in [1.54, 1.807) is 11.8 Å². The number of aryl methyl sites for hydroxylation is 1. The van der Waals surface area contributed by atoms with Gasteiger partial charge in [0.25, 0.3) is 0 Å². The number of rotatable bonds is 7. The van der Waals surface area contributed by atoms with E-state index in [9.17, 15) is 4.79 Å². The second kappa shape index (κ2) is 8.56. The fourth-order valence-corrected chi connectivity index (χ4v) is 2.78. The van der Waals surface area contributed by atoms with Crippen molar-refractivity contribution in [3.05, 3.63) is 28.2 Å². The van der Waals surface area contributed by atoms with Gasteiger partial charge in [-0.1, -0.05) is 15.9 Å². The maximum Gasteiger partial charge on any atom is 0.230 e. The average Bonchev–Trinajstić information content (AvgIpc) is 2.33. The molecule has 0 saturated carbocycles. The second-order valence-electron chi connectivity index (χ2n) is 4.04. The fraction of sp³-hybridized carbons (Fsp3) is 0.462. The van der Waals surface area contributed by atoms with Crippen molar-refractivity contribution in [2.24, 2.45) is 5.73 Å². The number of thioether (sulfide) groups is 1. The molecule has 100 valence electrons. The summed E-state index contributed by atoms with van der Waals surface area (Å²) in [6, 6.07) is 6.09. The Balaban J connectivity index is 2.29. The number of amides is 1. The van der Waals surface area contributed by atoms with Crippen LogP contribution in [0.5, 0.6) is 0 Å². The molecule has 3 nitrogen and oxygen atoms in total. The predicted molar refractivity (Wildman–Crippen MR) is 80.9 cm³/mol. The fourth-order valence-electron chi connectivity index (χ4n) is 1.47. The molecule has 0 heterocycles. The minimum absolute atomic E-state index is 0.0827. The van der Waals surface area contributed by atoms with E-state index in [0.717, 1.165) is 28.8 Å². The van der Waals surface area contributed by atoms with Crippen molar-refractivity contribution in [2.75, 3.05) is 18.8 Å². The minimum Gasteiger partial charge on any atom is -0.355 e. The lowest BCUT2D eigenvalue weighted by Crippen LogP contribution is -2.26. The molecule has 0 aromatic heterocycles. The van der Waals surface area contributed by atoms with Gasteiger partial charge in [-0.2, -0.15) is 0 Å². The standard InChI is InChI=1S/C13H19BrN2OS/c1-10-8-11(14)4-5-12(10)18-9-13(17)16-7-3-2-6-15/h4-5,8H,2-3,6-7,9,15H2,1H3,(H,16,17). The van der Waals surface area contributed by atoms with Crippen LogP contribution in [0.2, 0.25) is 0 Å². The molecule has 0 bridgehead atoms. The van der Waals surface area contributed by atoms with Gasteiger partial charge in [0, 0.05) is 15.9 Å². The van der Waals surface area contributed by atoms with Crippen LogP contribution in [-0.2, 0) is 4.79 Å². The molecule has 1 rings (SSSR count). The molecule has 3 N–H and O–H groups in total. The Hall–Kier alpha value is -0.520. The first-order valence-electron chi connectivity index (χ1n) is 5.99. The van der Waals surface area contributed by atoms with E-state index in [1.807, 2.05) is 19.1 Å². The molecule has 0 spiro atoms. The van der Waals surface area contributed by atoms with Crippen LogP contribution in [0.15, 0.2) is 27.6 Å². The van der Waals surface area contributed by atoms with Gasteiger partial charge in [0.15, 0.2) is 0 Å². The molecular weight excluding hydrogens is 312 g/mol. The molecule has 1 aromatic rings. The highest BCUT2D eigenvalue weighted by Gasteiger charge is 2.04. The molecule has 0 aliphatic heterocycles. The van der Waals surface area contributed by atoms with Crippen LogP contribution in [0.4, 0.5) is 0 Å². The Bertz CT molecular complexity index is 399. The van der Waals surface area contributed by atoms with E-state index in [0.29, 0.717) is 12.3 Å². The summed E-state index contributed by atoms with van der Waals surface area (Å²) in [5.74, 6) is 0.546. The third-order valence-corrected chi connectivity index (χ3v) is 4.12. The van der Waals surface area contributed by atoms with Gasteiger partial charge < -0.3 is 11.1 Å². The van der Waals surface area contributed by atoms with Crippen LogP contribution in [0.1, 0.15) is 18.4 Å². The van der Waals surface area contributed by atoms with Crippen LogP contribution < -0.4 is 11.1 Å². The molecule has 0 saturated heterocycles.